The van der Waals surface area contributed by atoms with Crippen molar-refractivity contribution in [1.29, 1.82) is 0 Å². The molecule has 1 nitrogen and oxygen atoms in total. The summed E-state index contributed by atoms with van der Waals surface area (Å²) in [6.07, 6.45) is -4.43. The highest BCUT2D eigenvalue weighted by Gasteiger charge is 2.32. The van der Waals surface area contributed by atoms with Crippen LogP contribution < -0.4 is 5.32 Å². The molecular formula is C9H10ClF4N. The second-order valence-corrected chi connectivity index (χ2v) is 2.83. The van der Waals surface area contributed by atoms with Crippen molar-refractivity contribution in [2.24, 2.45) is 0 Å². The SMILES string of the molecule is CNCc1cc(F)ccc1C(F)(F)F.Cl. The molecule has 1 aromatic rings. The molecule has 1 N–H and O–H groups in total. The van der Waals surface area contributed by atoms with Crippen LogP contribution in [0.3, 0.4) is 0 Å². The van der Waals surface area contributed by atoms with Gasteiger partial charge < -0.3 is 5.32 Å². The molecule has 0 unspecified atom stereocenters. The molecule has 0 amide bonds. The zero-order chi connectivity index (χ0) is 10.8. The molecule has 15 heavy (non-hydrogen) atoms. The first-order chi connectivity index (χ1) is 6.45. The van der Waals surface area contributed by atoms with E-state index in [1.807, 2.05) is 0 Å². The maximum Gasteiger partial charge on any atom is 0.416 e. The summed E-state index contributed by atoms with van der Waals surface area (Å²) in [7, 11) is 1.51. The zero-order valence-electron chi connectivity index (χ0n) is 7.86. The van der Waals surface area contributed by atoms with E-state index >= 15 is 0 Å². The second-order valence-electron chi connectivity index (χ2n) is 2.83. The van der Waals surface area contributed by atoms with Crippen molar-refractivity contribution in [2.45, 2.75) is 12.7 Å². The standard InChI is InChI=1S/C9H9F4N.ClH/c1-14-5-6-4-7(10)2-3-8(6)9(11,12)13;/h2-4,14H,5H2,1H3;1H. The van der Waals surface area contributed by atoms with Gasteiger partial charge in [0.1, 0.15) is 5.82 Å². The van der Waals surface area contributed by atoms with Crippen molar-refractivity contribution < 1.29 is 17.6 Å². The number of rotatable bonds is 2. The first-order valence-electron chi connectivity index (χ1n) is 3.95. The van der Waals surface area contributed by atoms with Gasteiger partial charge in [-0.15, -0.1) is 12.4 Å². The summed E-state index contributed by atoms with van der Waals surface area (Å²) >= 11 is 0. The molecule has 0 radical (unpaired) electrons. The summed E-state index contributed by atoms with van der Waals surface area (Å²) in [6.45, 7) is -0.00734. The lowest BCUT2D eigenvalue weighted by atomic mass is 10.1. The monoisotopic (exact) mass is 243 g/mol. The van der Waals surface area contributed by atoms with E-state index in [-0.39, 0.29) is 24.5 Å². The molecule has 0 fully saturated rings. The average Bonchev–Trinajstić information content (AvgIpc) is 2.02. The van der Waals surface area contributed by atoms with Gasteiger partial charge in [0.2, 0.25) is 0 Å². The van der Waals surface area contributed by atoms with Crippen LogP contribution in [0.1, 0.15) is 11.1 Å². The van der Waals surface area contributed by atoms with E-state index in [0.29, 0.717) is 0 Å². The molecule has 0 saturated heterocycles. The van der Waals surface area contributed by atoms with E-state index in [2.05, 4.69) is 5.32 Å². The van der Waals surface area contributed by atoms with Crippen molar-refractivity contribution in [3.63, 3.8) is 0 Å². The van der Waals surface area contributed by atoms with Gasteiger partial charge in [-0.3, -0.25) is 0 Å². The van der Waals surface area contributed by atoms with Crippen LogP contribution in [0.2, 0.25) is 0 Å². The predicted octanol–water partition coefficient (Wildman–Crippen LogP) is 2.99. The van der Waals surface area contributed by atoms with Gasteiger partial charge >= 0.3 is 6.18 Å². The van der Waals surface area contributed by atoms with Gasteiger partial charge in [0, 0.05) is 6.54 Å². The highest BCUT2D eigenvalue weighted by atomic mass is 35.5. The Hall–Kier alpha value is -0.810. The van der Waals surface area contributed by atoms with Crippen LogP contribution in [0.15, 0.2) is 18.2 Å². The van der Waals surface area contributed by atoms with Crippen LogP contribution in [0.5, 0.6) is 0 Å². The third-order valence-electron chi connectivity index (χ3n) is 1.74. The first-order valence-corrected chi connectivity index (χ1v) is 3.95. The summed E-state index contributed by atoms with van der Waals surface area (Å²) in [4.78, 5) is 0. The third-order valence-corrected chi connectivity index (χ3v) is 1.74. The number of hydrogen-bond acceptors (Lipinski definition) is 1. The molecule has 0 aliphatic carbocycles. The minimum atomic E-state index is -4.43. The Balaban J connectivity index is 0.00000196. The first kappa shape index (κ1) is 14.2. The van der Waals surface area contributed by atoms with E-state index < -0.39 is 17.6 Å². The Labute approximate surface area is 90.9 Å². The van der Waals surface area contributed by atoms with Gasteiger partial charge in [0.25, 0.3) is 0 Å². The van der Waals surface area contributed by atoms with Gasteiger partial charge in [-0.25, -0.2) is 4.39 Å². The van der Waals surface area contributed by atoms with Gasteiger partial charge in [-0.2, -0.15) is 13.2 Å². The molecule has 0 aromatic heterocycles. The molecule has 1 rings (SSSR count). The van der Waals surface area contributed by atoms with Crippen molar-refractivity contribution in [1.82, 2.24) is 5.32 Å². The van der Waals surface area contributed by atoms with Crippen molar-refractivity contribution in [2.75, 3.05) is 7.05 Å². The van der Waals surface area contributed by atoms with E-state index in [1.54, 1.807) is 0 Å². The fourth-order valence-electron chi connectivity index (χ4n) is 1.18. The Morgan fingerprint density at radius 3 is 2.33 bits per heavy atom. The molecular weight excluding hydrogens is 234 g/mol. The molecule has 0 spiro atoms. The van der Waals surface area contributed by atoms with Crippen LogP contribution in [0.4, 0.5) is 17.6 Å². The summed E-state index contributed by atoms with van der Waals surface area (Å²) < 4.78 is 49.7. The zero-order valence-corrected chi connectivity index (χ0v) is 8.68. The van der Waals surface area contributed by atoms with Gasteiger partial charge in [-0.1, -0.05) is 0 Å². The largest absolute Gasteiger partial charge is 0.416 e. The molecule has 86 valence electrons. The Kier molecular flexibility index (Phi) is 5.03. The Morgan fingerprint density at radius 2 is 1.87 bits per heavy atom. The Bertz CT molecular complexity index is 324. The number of benzene rings is 1. The van der Waals surface area contributed by atoms with Crippen molar-refractivity contribution in [3.8, 4) is 0 Å². The van der Waals surface area contributed by atoms with E-state index in [0.717, 1.165) is 18.2 Å². The molecule has 0 atom stereocenters. The Morgan fingerprint density at radius 1 is 1.27 bits per heavy atom. The number of alkyl halides is 3. The van der Waals surface area contributed by atoms with Crippen molar-refractivity contribution >= 4 is 12.4 Å². The quantitative estimate of drug-likeness (QED) is 0.788. The number of nitrogens with one attached hydrogen (secondary N) is 1. The maximum atomic E-state index is 12.7. The fraction of sp³-hybridized carbons (Fsp3) is 0.333. The maximum absolute atomic E-state index is 12.7. The lowest BCUT2D eigenvalue weighted by molar-refractivity contribution is -0.138. The molecule has 0 aliphatic rings. The van der Waals surface area contributed by atoms with Crippen LogP contribution in [0, 0.1) is 5.82 Å². The number of hydrogen-bond donors (Lipinski definition) is 1. The van der Waals surface area contributed by atoms with E-state index in [1.165, 1.54) is 7.05 Å². The minimum absolute atomic E-state index is 0. The lowest BCUT2D eigenvalue weighted by Crippen LogP contribution is -2.14. The molecule has 0 bridgehead atoms. The highest BCUT2D eigenvalue weighted by molar-refractivity contribution is 5.85. The molecule has 0 heterocycles. The minimum Gasteiger partial charge on any atom is -0.316 e. The summed E-state index contributed by atoms with van der Waals surface area (Å²) in [5.41, 5.74) is -0.881. The van der Waals surface area contributed by atoms with Crippen LogP contribution in [-0.4, -0.2) is 7.05 Å². The van der Waals surface area contributed by atoms with E-state index in [4.69, 9.17) is 0 Å². The number of halogens is 5. The van der Waals surface area contributed by atoms with E-state index in [9.17, 15) is 17.6 Å². The summed E-state index contributed by atoms with van der Waals surface area (Å²) in [5, 5.41) is 2.56. The lowest BCUT2D eigenvalue weighted by Gasteiger charge is -2.12. The molecule has 1 aromatic carbocycles. The average molecular weight is 244 g/mol. The van der Waals surface area contributed by atoms with Gasteiger partial charge in [0.05, 0.1) is 5.56 Å². The summed E-state index contributed by atoms with van der Waals surface area (Å²) in [6, 6.07) is 2.45. The third kappa shape index (κ3) is 3.68. The fourth-order valence-corrected chi connectivity index (χ4v) is 1.18. The van der Waals surface area contributed by atoms with Gasteiger partial charge in [0.15, 0.2) is 0 Å². The summed E-state index contributed by atoms with van der Waals surface area (Å²) in [5.74, 6) is -0.664. The topological polar surface area (TPSA) is 12.0 Å². The predicted molar refractivity (Wildman–Crippen MR) is 51.4 cm³/mol. The molecule has 6 heteroatoms. The van der Waals surface area contributed by atoms with Crippen LogP contribution >= 0.6 is 12.4 Å². The van der Waals surface area contributed by atoms with Crippen molar-refractivity contribution in [3.05, 3.63) is 35.1 Å². The molecule has 0 saturated carbocycles. The van der Waals surface area contributed by atoms with Gasteiger partial charge in [-0.05, 0) is 30.8 Å². The second kappa shape index (κ2) is 5.32. The highest BCUT2D eigenvalue weighted by Crippen LogP contribution is 2.32. The van der Waals surface area contributed by atoms with Crippen LogP contribution in [-0.2, 0) is 12.7 Å². The normalized spacial score (nSPS) is 11.0. The molecule has 0 aliphatic heterocycles. The van der Waals surface area contributed by atoms with Crippen LogP contribution in [0.25, 0.3) is 0 Å². The smallest absolute Gasteiger partial charge is 0.316 e.